The fourth-order valence-electron chi connectivity index (χ4n) is 2.02. The minimum Gasteiger partial charge on any atom is -0.370 e. The second-order valence-corrected chi connectivity index (χ2v) is 4.55. The van der Waals surface area contributed by atoms with Crippen LogP contribution in [0.3, 0.4) is 0 Å². The van der Waals surface area contributed by atoms with Crippen molar-refractivity contribution >= 4 is 17.3 Å². The summed E-state index contributed by atoms with van der Waals surface area (Å²) in [6.45, 7) is 2.64. The van der Waals surface area contributed by atoms with Crippen molar-refractivity contribution in [3.8, 4) is 0 Å². The maximum absolute atomic E-state index is 10.9. The highest BCUT2D eigenvalue weighted by Crippen LogP contribution is 2.30. The molecule has 1 fully saturated rings. The summed E-state index contributed by atoms with van der Waals surface area (Å²) in [6.07, 6.45) is 3.50. The van der Waals surface area contributed by atoms with Gasteiger partial charge in [-0.1, -0.05) is 0 Å². The van der Waals surface area contributed by atoms with E-state index in [-0.39, 0.29) is 10.6 Å². The van der Waals surface area contributed by atoms with Crippen molar-refractivity contribution in [2.75, 3.05) is 23.8 Å². The van der Waals surface area contributed by atoms with Crippen molar-refractivity contribution in [2.24, 2.45) is 0 Å². The first kappa shape index (κ1) is 12.6. The van der Waals surface area contributed by atoms with Crippen LogP contribution in [0.1, 0.15) is 26.2 Å². The molecule has 0 amide bonds. The molecule has 0 atom stereocenters. The minimum absolute atomic E-state index is 0.0853. The van der Waals surface area contributed by atoms with Crippen LogP contribution in [0.15, 0.2) is 12.1 Å². The Balaban J connectivity index is 2.29. The largest absolute Gasteiger partial charge is 0.370 e. The first-order valence-corrected chi connectivity index (χ1v) is 6.25. The van der Waals surface area contributed by atoms with Crippen molar-refractivity contribution in [1.82, 2.24) is 4.98 Å². The topological polar surface area (TPSA) is 71.3 Å². The van der Waals surface area contributed by atoms with E-state index in [0.717, 1.165) is 12.8 Å². The molecule has 0 saturated heterocycles. The highest BCUT2D eigenvalue weighted by molar-refractivity contribution is 5.56. The Hall–Kier alpha value is -1.85. The first-order chi connectivity index (χ1) is 8.61. The molecule has 1 saturated carbocycles. The maximum Gasteiger partial charge on any atom is 0.276 e. The van der Waals surface area contributed by atoms with Gasteiger partial charge in [0, 0.05) is 19.6 Å². The van der Waals surface area contributed by atoms with E-state index in [4.69, 9.17) is 0 Å². The molecule has 1 aliphatic rings. The molecule has 0 radical (unpaired) electrons. The van der Waals surface area contributed by atoms with Crippen LogP contribution < -0.4 is 10.2 Å². The van der Waals surface area contributed by atoms with Gasteiger partial charge in [-0.15, -0.1) is 0 Å². The fourth-order valence-corrected chi connectivity index (χ4v) is 2.02. The molecule has 0 unspecified atom stereocenters. The summed E-state index contributed by atoms with van der Waals surface area (Å²) in [4.78, 5) is 17.0. The molecule has 6 heteroatoms. The summed E-state index contributed by atoms with van der Waals surface area (Å²) in [5.74, 6) is 1.23. The van der Waals surface area contributed by atoms with Crippen LogP contribution in [-0.2, 0) is 0 Å². The van der Waals surface area contributed by atoms with E-state index >= 15 is 0 Å². The summed E-state index contributed by atoms with van der Waals surface area (Å²) < 4.78 is 0. The number of hydrogen-bond acceptors (Lipinski definition) is 5. The van der Waals surface area contributed by atoms with Gasteiger partial charge in [-0.05, 0) is 26.2 Å². The number of nitrogens with one attached hydrogen (secondary N) is 1. The zero-order valence-electron chi connectivity index (χ0n) is 10.7. The Morgan fingerprint density at radius 3 is 2.78 bits per heavy atom. The number of nitro groups is 1. The van der Waals surface area contributed by atoms with Crippen LogP contribution in [0.4, 0.5) is 17.3 Å². The first-order valence-electron chi connectivity index (χ1n) is 6.25. The second-order valence-electron chi connectivity index (χ2n) is 4.55. The average Bonchev–Trinajstić information content (AvgIpc) is 2.26. The van der Waals surface area contributed by atoms with E-state index in [1.165, 1.54) is 12.5 Å². The smallest absolute Gasteiger partial charge is 0.276 e. The van der Waals surface area contributed by atoms with Crippen LogP contribution in [0.2, 0.25) is 0 Å². The molecule has 2 rings (SSSR count). The zero-order chi connectivity index (χ0) is 13.1. The summed E-state index contributed by atoms with van der Waals surface area (Å²) in [5, 5.41) is 13.9. The standard InChI is InChI=1S/C12H18N4O2/c1-3-13-11-7-10(16(17)18)8-12(14-11)15(2)9-5-4-6-9/h7-9H,3-6H2,1-2H3,(H,13,14). The molecule has 1 heterocycles. The fraction of sp³-hybridized carbons (Fsp3) is 0.583. The third kappa shape index (κ3) is 2.52. The van der Waals surface area contributed by atoms with Crippen molar-refractivity contribution in [1.29, 1.82) is 0 Å². The molecule has 1 aliphatic carbocycles. The lowest BCUT2D eigenvalue weighted by Crippen LogP contribution is -2.37. The molecule has 0 aromatic carbocycles. The van der Waals surface area contributed by atoms with E-state index < -0.39 is 0 Å². The van der Waals surface area contributed by atoms with Gasteiger partial charge in [-0.2, -0.15) is 0 Å². The molecule has 18 heavy (non-hydrogen) atoms. The van der Waals surface area contributed by atoms with Crippen LogP contribution in [0.5, 0.6) is 0 Å². The van der Waals surface area contributed by atoms with Crippen molar-refractivity contribution < 1.29 is 4.92 Å². The van der Waals surface area contributed by atoms with Crippen molar-refractivity contribution in [3.05, 3.63) is 22.2 Å². The van der Waals surface area contributed by atoms with Crippen LogP contribution in [-0.4, -0.2) is 29.5 Å². The Labute approximate surface area is 106 Å². The monoisotopic (exact) mass is 250 g/mol. The number of anilines is 2. The van der Waals surface area contributed by atoms with Gasteiger partial charge in [0.15, 0.2) is 0 Å². The number of nitrogens with zero attached hydrogens (tertiary/aromatic N) is 3. The average molecular weight is 250 g/mol. The molecule has 98 valence electrons. The summed E-state index contributed by atoms with van der Waals surface area (Å²) in [6, 6.07) is 3.48. The molecular formula is C12H18N4O2. The van der Waals surface area contributed by atoms with Gasteiger partial charge in [-0.3, -0.25) is 10.1 Å². The van der Waals surface area contributed by atoms with Crippen LogP contribution >= 0.6 is 0 Å². The lowest BCUT2D eigenvalue weighted by Gasteiger charge is -2.35. The summed E-state index contributed by atoms with van der Waals surface area (Å²) >= 11 is 0. The lowest BCUT2D eigenvalue weighted by atomic mass is 9.92. The minimum atomic E-state index is -0.374. The summed E-state index contributed by atoms with van der Waals surface area (Å²) in [5.41, 5.74) is 0.0853. The predicted molar refractivity (Wildman–Crippen MR) is 71.1 cm³/mol. The van der Waals surface area contributed by atoms with E-state index in [2.05, 4.69) is 10.3 Å². The van der Waals surface area contributed by atoms with Gasteiger partial charge in [0.2, 0.25) is 0 Å². The highest BCUT2D eigenvalue weighted by Gasteiger charge is 2.24. The Kier molecular flexibility index (Phi) is 3.64. The lowest BCUT2D eigenvalue weighted by molar-refractivity contribution is -0.384. The van der Waals surface area contributed by atoms with E-state index in [0.29, 0.717) is 24.2 Å². The summed E-state index contributed by atoms with van der Waals surface area (Å²) in [7, 11) is 1.95. The zero-order valence-corrected chi connectivity index (χ0v) is 10.7. The third-order valence-electron chi connectivity index (χ3n) is 3.35. The Morgan fingerprint density at radius 2 is 2.28 bits per heavy atom. The Morgan fingerprint density at radius 1 is 1.56 bits per heavy atom. The number of rotatable bonds is 5. The van der Waals surface area contributed by atoms with E-state index in [1.54, 1.807) is 6.07 Å². The SMILES string of the molecule is CCNc1cc([N+](=O)[O-])cc(N(C)C2CCC2)n1. The number of pyridine rings is 1. The third-order valence-corrected chi connectivity index (χ3v) is 3.35. The molecule has 1 aromatic heterocycles. The van der Waals surface area contributed by atoms with Gasteiger partial charge in [0.25, 0.3) is 5.69 Å². The molecule has 0 aliphatic heterocycles. The van der Waals surface area contributed by atoms with Crippen molar-refractivity contribution in [2.45, 2.75) is 32.2 Å². The highest BCUT2D eigenvalue weighted by atomic mass is 16.6. The quantitative estimate of drug-likeness (QED) is 0.641. The van der Waals surface area contributed by atoms with E-state index in [9.17, 15) is 10.1 Å². The van der Waals surface area contributed by atoms with Crippen LogP contribution in [0, 0.1) is 10.1 Å². The van der Waals surface area contributed by atoms with Gasteiger partial charge in [0.1, 0.15) is 11.6 Å². The van der Waals surface area contributed by atoms with Gasteiger partial charge in [0.05, 0.1) is 17.1 Å². The molecular weight excluding hydrogens is 232 g/mol. The van der Waals surface area contributed by atoms with Crippen molar-refractivity contribution in [3.63, 3.8) is 0 Å². The Bertz CT molecular complexity index is 446. The molecule has 0 bridgehead atoms. The number of aromatic nitrogens is 1. The van der Waals surface area contributed by atoms with Crippen LogP contribution in [0.25, 0.3) is 0 Å². The molecule has 1 aromatic rings. The normalized spacial score (nSPS) is 15.0. The molecule has 0 spiro atoms. The molecule has 1 N–H and O–H groups in total. The second kappa shape index (κ2) is 5.20. The van der Waals surface area contributed by atoms with Gasteiger partial charge >= 0.3 is 0 Å². The number of hydrogen-bond donors (Lipinski definition) is 1. The van der Waals surface area contributed by atoms with Gasteiger partial charge < -0.3 is 10.2 Å². The van der Waals surface area contributed by atoms with Gasteiger partial charge in [-0.25, -0.2) is 4.98 Å². The predicted octanol–water partition coefficient (Wildman–Crippen LogP) is 2.41. The van der Waals surface area contributed by atoms with E-state index in [1.807, 2.05) is 18.9 Å². The maximum atomic E-state index is 10.9. The molecule has 6 nitrogen and oxygen atoms in total.